The first-order chi connectivity index (χ1) is 7.24. The summed E-state index contributed by atoms with van der Waals surface area (Å²) in [7, 11) is 2.07. The molecular weight excluding hydrogens is 190 g/mol. The zero-order valence-corrected chi connectivity index (χ0v) is 9.70. The maximum Gasteiger partial charge on any atom is 0.240 e. The molecule has 2 heterocycles. The van der Waals surface area contributed by atoms with Gasteiger partial charge in [0, 0.05) is 26.2 Å². The highest BCUT2D eigenvalue weighted by Crippen LogP contribution is 2.19. The van der Waals surface area contributed by atoms with E-state index in [9.17, 15) is 4.79 Å². The maximum absolute atomic E-state index is 12.2. The lowest BCUT2D eigenvalue weighted by Crippen LogP contribution is -2.66. The molecule has 0 saturated carbocycles. The molecule has 15 heavy (non-hydrogen) atoms. The van der Waals surface area contributed by atoms with Crippen LogP contribution in [0.25, 0.3) is 0 Å². The van der Waals surface area contributed by atoms with E-state index in [0.717, 1.165) is 39.0 Å². The highest BCUT2D eigenvalue weighted by molar-refractivity contribution is 5.83. The molecule has 1 N–H and O–H groups in total. The van der Waals surface area contributed by atoms with Gasteiger partial charge in [-0.15, -0.1) is 0 Å². The lowest BCUT2D eigenvalue weighted by Gasteiger charge is -2.46. The molecule has 2 aliphatic heterocycles. The van der Waals surface area contributed by atoms with Gasteiger partial charge in [0.1, 0.15) is 0 Å². The Kier molecular flexibility index (Phi) is 3.26. The highest BCUT2D eigenvalue weighted by atomic mass is 16.2. The van der Waals surface area contributed by atoms with E-state index in [1.165, 1.54) is 0 Å². The summed E-state index contributed by atoms with van der Waals surface area (Å²) < 4.78 is 0. The average Bonchev–Trinajstić information content (AvgIpc) is 2.24. The third-order valence-corrected chi connectivity index (χ3v) is 3.51. The third kappa shape index (κ3) is 2.01. The predicted molar refractivity (Wildman–Crippen MR) is 59.7 cm³/mol. The van der Waals surface area contributed by atoms with Crippen molar-refractivity contribution < 1.29 is 4.79 Å². The molecular formula is C11H21N3O. The Morgan fingerprint density at radius 2 is 2.33 bits per heavy atom. The Morgan fingerprint density at radius 1 is 1.53 bits per heavy atom. The fraction of sp³-hybridized carbons (Fsp3) is 0.909. The highest BCUT2D eigenvalue weighted by Gasteiger charge is 2.38. The number of rotatable bonds is 2. The second-order valence-electron chi connectivity index (χ2n) is 4.63. The van der Waals surface area contributed by atoms with E-state index in [1.807, 2.05) is 0 Å². The van der Waals surface area contributed by atoms with Crippen LogP contribution >= 0.6 is 0 Å². The Morgan fingerprint density at radius 3 is 3.07 bits per heavy atom. The number of nitrogens with one attached hydrogen (secondary N) is 1. The van der Waals surface area contributed by atoms with E-state index >= 15 is 0 Å². The van der Waals surface area contributed by atoms with Gasteiger partial charge in [0.15, 0.2) is 0 Å². The van der Waals surface area contributed by atoms with Crippen LogP contribution in [0.5, 0.6) is 0 Å². The smallest absolute Gasteiger partial charge is 0.240 e. The molecule has 2 fully saturated rings. The second-order valence-corrected chi connectivity index (χ2v) is 4.63. The van der Waals surface area contributed by atoms with Gasteiger partial charge in [-0.3, -0.25) is 9.69 Å². The third-order valence-electron chi connectivity index (χ3n) is 3.51. The molecule has 0 radical (unpaired) electrons. The predicted octanol–water partition coefficient (Wildman–Crippen LogP) is -0.0991. The van der Waals surface area contributed by atoms with E-state index in [2.05, 4.69) is 29.1 Å². The molecule has 0 aromatic rings. The first-order valence-electron chi connectivity index (χ1n) is 5.95. The van der Waals surface area contributed by atoms with Crippen molar-refractivity contribution in [3.05, 3.63) is 0 Å². The molecule has 2 aliphatic rings. The van der Waals surface area contributed by atoms with E-state index in [-0.39, 0.29) is 6.04 Å². The number of hydrogen-bond acceptors (Lipinski definition) is 3. The Labute approximate surface area is 91.6 Å². The van der Waals surface area contributed by atoms with Gasteiger partial charge in [-0.1, -0.05) is 13.3 Å². The second kappa shape index (κ2) is 4.49. The number of likely N-dealkylation sites (N-methyl/N-ethyl adjacent to an activating group) is 1. The van der Waals surface area contributed by atoms with Crippen molar-refractivity contribution in [1.29, 1.82) is 0 Å². The van der Waals surface area contributed by atoms with Gasteiger partial charge in [0.2, 0.25) is 5.91 Å². The number of carbonyl (C=O) groups excluding carboxylic acids is 1. The molecule has 0 spiro atoms. The van der Waals surface area contributed by atoms with Gasteiger partial charge in [-0.2, -0.15) is 0 Å². The average molecular weight is 211 g/mol. The Balaban J connectivity index is 2.08. The van der Waals surface area contributed by atoms with E-state index in [1.54, 1.807) is 0 Å². The van der Waals surface area contributed by atoms with Crippen molar-refractivity contribution in [3.8, 4) is 0 Å². The number of carbonyl (C=O) groups is 1. The summed E-state index contributed by atoms with van der Waals surface area (Å²) in [6.45, 7) is 5.95. The van der Waals surface area contributed by atoms with Crippen LogP contribution in [0, 0.1) is 0 Å². The van der Waals surface area contributed by atoms with E-state index < -0.39 is 0 Å². The first-order valence-corrected chi connectivity index (χ1v) is 5.95. The molecule has 2 atom stereocenters. The number of piperazine rings is 2. The summed E-state index contributed by atoms with van der Waals surface area (Å²) in [6.07, 6.45) is 2.07. The van der Waals surface area contributed by atoms with Crippen LogP contribution in [0.15, 0.2) is 0 Å². The van der Waals surface area contributed by atoms with Crippen molar-refractivity contribution in [2.45, 2.75) is 31.8 Å². The zero-order valence-electron chi connectivity index (χ0n) is 9.70. The molecule has 0 aromatic heterocycles. The molecule has 2 saturated heterocycles. The quantitative estimate of drug-likeness (QED) is 0.693. The van der Waals surface area contributed by atoms with Gasteiger partial charge in [0.05, 0.1) is 12.1 Å². The molecule has 0 aliphatic carbocycles. The van der Waals surface area contributed by atoms with Crippen LogP contribution in [0.3, 0.4) is 0 Å². The van der Waals surface area contributed by atoms with Crippen LogP contribution in [0.2, 0.25) is 0 Å². The number of amides is 1. The van der Waals surface area contributed by atoms with E-state index in [0.29, 0.717) is 11.9 Å². The van der Waals surface area contributed by atoms with Gasteiger partial charge >= 0.3 is 0 Å². The largest absolute Gasteiger partial charge is 0.335 e. The van der Waals surface area contributed by atoms with Gasteiger partial charge < -0.3 is 10.2 Å². The Hall–Kier alpha value is -0.610. The fourth-order valence-electron chi connectivity index (χ4n) is 2.67. The standard InChI is InChI=1S/C11H21N3O/c1-3-4-10-11(15)14-6-5-12-7-9(14)8-13(10)2/h9-10,12H,3-8H2,1-2H3. The number of hydrogen-bond donors (Lipinski definition) is 1. The number of fused-ring (bicyclic) bond motifs is 1. The molecule has 0 aromatic carbocycles. The molecule has 0 bridgehead atoms. The molecule has 86 valence electrons. The van der Waals surface area contributed by atoms with Crippen LogP contribution < -0.4 is 5.32 Å². The van der Waals surface area contributed by atoms with E-state index in [4.69, 9.17) is 0 Å². The molecule has 2 rings (SSSR count). The topological polar surface area (TPSA) is 35.6 Å². The van der Waals surface area contributed by atoms with Crippen molar-refractivity contribution in [2.24, 2.45) is 0 Å². The maximum atomic E-state index is 12.2. The molecule has 2 unspecified atom stereocenters. The van der Waals surface area contributed by atoms with Crippen molar-refractivity contribution in [3.63, 3.8) is 0 Å². The lowest BCUT2D eigenvalue weighted by molar-refractivity contribution is -0.146. The van der Waals surface area contributed by atoms with Gasteiger partial charge in [-0.25, -0.2) is 0 Å². The Bertz CT molecular complexity index is 238. The summed E-state index contributed by atoms with van der Waals surface area (Å²) in [4.78, 5) is 16.5. The molecule has 1 amide bonds. The molecule has 4 heteroatoms. The summed E-state index contributed by atoms with van der Waals surface area (Å²) in [5.74, 6) is 0.345. The minimum atomic E-state index is 0.129. The fourth-order valence-corrected chi connectivity index (χ4v) is 2.67. The van der Waals surface area contributed by atoms with Crippen LogP contribution in [-0.4, -0.2) is 61.0 Å². The monoisotopic (exact) mass is 211 g/mol. The molecule has 4 nitrogen and oxygen atoms in total. The minimum absolute atomic E-state index is 0.129. The zero-order chi connectivity index (χ0) is 10.8. The summed E-state index contributed by atoms with van der Waals surface area (Å²) in [5.41, 5.74) is 0. The van der Waals surface area contributed by atoms with Crippen LogP contribution in [-0.2, 0) is 4.79 Å². The van der Waals surface area contributed by atoms with Gasteiger partial charge in [0.25, 0.3) is 0 Å². The lowest BCUT2D eigenvalue weighted by atomic mass is 10.0. The minimum Gasteiger partial charge on any atom is -0.335 e. The summed E-state index contributed by atoms with van der Waals surface area (Å²) in [6, 6.07) is 0.522. The van der Waals surface area contributed by atoms with Crippen molar-refractivity contribution in [2.75, 3.05) is 33.2 Å². The van der Waals surface area contributed by atoms with Crippen LogP contribution in [0.1, 0.15) is 19.8 Å². The SMILES string of the molecule is CCCC1C(=O)N2CCNCC2CN1C. The van der Waals surface area contributed by atoms with Gasteiger partial charge in [-0.05, 0) is 13.5 Å². The number of nitrogens with zero attached hydrogens (tertiary/aromatic N) is 2. The summed E-state index contributed by atoms with van der Waals surface area (Å²) in [5, 5.41) is 3.35. The van der Waals surface area contributed by atoms with Crippen molar-refractivity contribution in [1.82, 2.24) is 15.1 Å². The first kappa shape index (κ1) is 10.9. The van der Waals surface area contributed by atoms with Crippen LogP contribution in [0.4, 0.5) is 0 Å². The normalized spacial score (nSPS) is 32.9. The van der Waals surface area contributed by atoms with Crippen molar-refractivity contribution >= 4 is 5.91 Å². The summed E-state index contributed by atoms with van der Waals surface area (Å²) >= 11 is 0.